The standard InChI is InChI=1S/C16H17Br2FN2/c1-2-5-21-16(12-6-13(17)10-20-9-12)7-11-3-4-14(19)8-15(11)18/h3-4,6,8-10,16,21H,2,5,7H2,1H3. The quantitative estimate of drug-likeness (QED) is 0.715. The van der Waals surface area contributed by atoms with Crippen LogP contribution in [0, 0.1) is 5.82 Å². The first-order chi connectivity index (χ1) is 10.1. The summed E-state index contributed by atoms with van der Waals surface area (Å²) in [4.78, 5) is 4.23. The van der Waals surface area contributed by atoms with E-state index in [1.807, 2.05) is 12.3 Å². The van der Waals surface area contributed by atoms with Crippen LogP contribution < -0.4 is 5.32 Å². The summed E-state index contributed by atoms with van der Waals surface area (Å²) in [6, 6.07) is 7.04. The summed E-state index contributed by atoms with van der Waals surface area (Å²) in [6.45, 7) is 3.06. The second kappa shape index (κ2) is 8.01. The lowest BCUT2D eigenvalue weighted by molar-refractivity contribution is 0.526. The second-order valence-electron chi connectivity index (χ2n) is 4.88. The van der Waals surface area contributed by atoms with Crippen LogP contribution in [0.4, 0.5) is 4.39 Å². The fourth-order valence-electron chi connectivity index (χ4n) is 2.15. The molecule has 0 saturated carbocycles. The Balaban J connectivity index is 2.23. The molecule has 0 aliphatic rings. The first kappa shape index (κ1) is 16.6. The first-order valence-electron chi connectivity index (χ1n) is 6.88. The van der Waals surface area contributed by atoms with Crippen LogP contribution in [0.2, 0.25) is 0 Å². The van der Waals surface area contributed by atoms with Crippen molar-refractivity contribution in [3.05, 3.63) is 62.5 Å². The van der Waals surface area contributed by atoms with Crippen molar-refractivity contribution in [3.8, 4) is 0 Å². The van der Waals surface area contributed by atoms with Gasteiger partial charge >= 0.3 is 0 Å². The van der Waals surface area contributed by atoms with E-state index in [2.05, 4.69) is 55.2 Å². The number of rotatable bonds is 6. The fraction of sp³-hybridized carbons (Fsp3) is 0.312. The van der Waals surface area contributed by atoms with Crippen molar-refractivity contribution in [2.75, 3.05) is 6.54 Å². The third-order valence-electron chi connectivity index (χ3n) is 3.21. The van der Waals surface area contributed by atoms with Gasteiger partial charge in [0.2, 0.25) is 0 Å². The largest absolute Gasteiger partial charge is 0.310 e. The van der Waals surface area contributed by atoms with Gasteiger partial charge in [0, 0.05) is 27.4 Å². The molecule has 0 fully saturated rings. The molecule has 0 aliphatic heterocycles. The molecule has 1 heterocycles. The maximum absolute atomic E-state index is 13.2. The summed E-state index contributed by atoms with van der Waals surface area (Å²) in [6.07, 6.45) is 5.48. The van der Waals surface area contributed by atoms with E-state index in [1.54, 1.807) is 6.20 Å². The maximum atomic E-state index is 13.2. The van der Waals surface area contributed by atoms with Crippen molar-refractivity contribution in [2.24, 2.45) is 0 Å². The number of halogens is 3. The molecule has 1 aromatic heterocycles. The smallest absolute Gasteiger partial charge is 0.124 e. The Bertz CT molecular complexity index is 605. The molecule has 5 heteroatoms. The molecule has 0 bridgehead atoms. The van der Waals surface area contributed by atoms with Crippen LogP contribution in [0.25, 0.3) is 0 Å². The minimum atomic E-state index is -0.229. The van der Waals surface area contributed by atoms with E-state index in [0.717, 1.165) is 39.5 Å². The van der Waals surface area contributed by atoms with Gasteiger partial charge in [0.25, 0.3) is 0 Å². The maximum Gasteiger partial charge on any atom is 0.124 e. The van der Waals surface area contributed by atoms with Crippen LogP contribution >= 0.6 is 31.9 Å². The summed E-state index contributed by atoms with van der Waals surface area (Å²) in [5, 5.41) is 3.53. The Morgan fingerprint density at radius 3 is 2.71 bits per heavy atom. The van der Waals surface area contributed by atoms with E-state index in [0.29, 0.717) is 0 Å². The first-order valence-corrected chi connectivity index (χ1v) is 8.46. The summed E-state index contributed by atoms with van der Waals surface area (Å²) >= 11 is 6.90. The number of nitrogens with one attached hydrogen (secondary N) is 1. The number of hydrogen-bond acceptors (Lipinski definition) is 2. The minimum Gasteiger partial charge on any atom is -0.310 e. The lowest BCUT2D eigenvalue weighted by Crippen LogP contribution is -2.24. The number of aromatic nitrogens is 1. The normalized spacial score (nSPS) is 12.4. The molecule has 1 unspecified atom stereocenters. The van der Waals surface area contributed by atoms with Gasteiger partial charge in [0.1, 0.15) is 5.82 Å². The van der Waals surface area contributed by atoms with Crippen LogP contribution in [0.1, 0.15) is 30.5 Å². The van der Waals surface area contributed by atoms with Crippen LogP contribution in [0.15, 0.2) is 45.6 Å². The Morgan fingerprint density at radius 1 is 1.24 bits per heavy atom. The third kappa shape index (κ3) is 4.87. The Kier molecular flexibility index (Phi) is 6.33. The van der Waals surface area contributed by atoms with Crippen molar-refractivity contribution in [1.82, 2.24) is 10.3 Å². The molecule has 21 heavy (non-hydrogen) atoms. The zero-order valence-corrected chi connectivity index (χ0v) is 14.9. The highest BCUT2D eigenvalue weighted by Gasteiger charge is 2.14. The van der Waals surface area contributed by atoms with E-state index in [9.17, 15) is 4.39 Å². The molecular formula is C16H17Br2FN2. The van der Waals surface area contributed by atoms with Crippen molar-refractivity contribution in [1.29, 1.82) is 0 Å². The van der Waals surface area contributed by atoms with Crippen LogP contribution in [-0.4, -0.2) is 11.5 Å². The lowest BCUT2D eigenvalue weighted by atomic mass is 10.00. The number of hydrogen-bond donors (Lipinski definition) is 1. The molecule has 112 valence electrons. The number of benzene rings is 1. The number of nitrogens with zero attached hydrogens (tertiary/aromatic N) is 1. The fourth-order valence-corrected chi connectivity index (χ4v) is 3.05. The van der Waals surface area contributed by atoms with Gasteiger partial charge < -0.3 is 5.32 Å². The molecule has 0 radical (unpaired) electrons. The van der Waals surface area contributed by atoms with Gasteiger partial charge in [0.15, 0.2) is 0 Å². The molecule has 1 aromatic carbocycles. The monoisotopic (exact) mass is 414 g/mol. The predicted molar refractivity (Wildman–Crippen MR) is 90.8 cm³/mol. The van der Waals surface area contributed by atoms with Gasteiger partial charge in [-0.25, -0.2) is 4.39 Å². The highest BCUT2D eigenvalue weighted by atomic mass is 79.9. The topological polar surface area (TPSA) is 24.9 Å². The number of pyridine rings is 1. The molecule has 2 rings (SSSR count). The van der Waals surface area contributed by atoms with Gasteiger partial charge in [-0.05, 0) is 64.6 Å². The third-order valence-corrected chi connectivity index (χ3v) is 4.38. The van der Waals surface area contributed by atoms with Gasteiger partial charge in [-0.15, -0.1) is 0 Å². The average molecular weight is 416 g/mol. The van der Waals surface area contributed by atoms with Crippen molar-refractivity contribution in [2.45, 2.75) is 25.8 Å². The molecule has 2 nitrogen and oxygen atoms in total. The SMILES string of the molecule is CCCNC(Cc1ccc(F)cc1Br)c1cncc(Br)c1. The van der Waals surface area contributed by atoms with Gasteiger partial charge in [-0.2, -0.15) is 0 Å². The Morgan fingerprint density at radius 2 is 2.05 bits per heavy atom. The molecule has 0 amide bonds. The molecule has 2 aromatic rings. The molecule has 0 aliphatic carbocycles. The lowest BCUT2D eigenvalue weighted by Gasteiger charge is -2.20. The van der Waals surface area contributed by atoms with Gasteiger partial charge in [-0.3, -0.25) is 4.98 Å². The van der Waals surface area contributed by atoms with E-state index >= 15 is 0 Å². The van der Waals surface area contributed by atoms with E-state index < -0.39 is 0 Å². The highest BCUT2D eigenvalue weighted by Crippen LogP contribution is 2.25. The van der Waals surface area contributed by atoms with Crippen LogP contribution in [-0.2, 0) is 6.42 Å². The molecular weight excluding hydrogens is 399 g/mol. The van der Waals surface area contributed by atoms with Gasteiger partial charge in [0.05, 0.1) is 0 Å². The Hall–Kier alpha value is -0.780. The van der Waals surface area contributed by atoms with E-state index in [1.165, 1.54) is 12.1 Å². The zero-order chi connectivity index (χ0) is 15.2. The molecule has 0 spiro atoms. The summed E-state index contributed by atoms with van der Waals surface area (Å²) in [5.74, 6) is -0.229. The van der Waals surface area contributed by atoms with Crippen molar-refractivity contribution < 1.29 is 4.39 Å². The summed E-state index contributed by atoms with van der Waals surface area (Å²) < 4.78 is 15.0. The Labute approximate surface area is 141 Å². The summed E-state index contributed by atoms with van der Waals surface area (Å²) in [5.41, 5.74) is 2.19. The summed E-state index contributed by atoms with van der Waals surface area (Å²) in [7, 11) is 0. The zero-order valence-electron chi connectivity index (χ0n) is 11.7. The van der Waals surface area contributed by atoms with Crippen LogP contribution in [0.5, 0.6) is 0 Å². The van der Waals surface area contributed by atoms with Gasteiger partial charge in [-0.1, -0.05) is 28.9 Å². The second-order valence-corrected chi connectivity index (χ2v) is 6.65. The molecule has 1 N–H and O–H groups in total. The molecule has 1 atom stereocenters. The minimum absolute atomic E-state index is 0.150. The van der Waals surface area contributed by atoms with Crippen LogP contribution in [0.3, 0.4) is 0 Å². The van der Waals surface area contributed by atoms with Crippen molar-refractivity contribution >= 4 is 31.9 Å². The van der Waals surface area contributed by atoms with Crippen molar-refractivity contribution in [3.63, 3.8) is 0 Å². The highest BCUT2D eigenvalue weighted by molar-refractivity contribution is 9.10. The average Bonchev–Trinajstić information content (AvgIpc) is 2.45. The predicted octanol–water partition coefficient (Wildman–Crippen LogP) is 5.03. The van der Waals surface area contributed by atoms with E-state index in [-0.39, 0.29) is 11.9 Å². The molecule has 0 saturated heterocycles. The van der Waals surface area contributed by atoms with E-state index in [4.69, 9.17) is 0 Å².